The molecule has 0 bridgehead atoms. The zero-order valence-electron chi connectivity index (χ0n) is 19.2. The number of alkyl halides is 3. The number of aromatic nitrogens is 2. The summed E-state index contributed by atoms with van der Waals surface area (Å²) in [6.45, 7) is 0.181. The maximum atomic E-state index is 14.4. The number of sulfonamides is 1. The molecule has 0 unspecified atom stereocenters. The number of hydrogen-bond acceptors (Lipinski definition) is 8. The maximum Gasteiger partial charge on any atom is 0.419 e. The molecule has 15 heteroatoms. The molecule has 3 N–H and O–H groups in total. The Bertz CT molecular complexity index is 1580. The van der Waals surface area contributed by atoms with Crippen molar-refractivity contribution in [3.63, 3.8) is 0 Å². The monoisotopic (exact) mass is 572 g/mol. The Morgan fingerprint density at radius 3 is 2.50 bits per heavy atom. The summed E-state index contributed by atoms with van der Waals surface area (Å²) in [6, 6.07) is 9.29. The summed E-state index contributed by atoms with van der Waals surface area (Å²) in [4.78, 5) is 7.63. The van der Waals surface area contributed by atoms with Crippen LogP contribution in [0.15, 0.2) is 59.8 Å². The number of rotatable bonds is 8. The summed E-state index contributed by atoms with van der Waals surface area (Å²) in [7, 11) is -2.90. The number of hydrogen-bond donors (Lipinski definition) is 3. The lowest BCUT2D eigenvalue weighted by molar-refractivity contribution is -0.139. The first kappa shape index (κ1) is 27.1. The molecular weight excluding hydrogens is 555 g/mol. The second-order valence-electron chi connectivity index (χ2n) is 7.65. The molecule has 200 valence electrons. The summed E-state index contributed by atoms with van der Waals surface area (Å²) in [5, 5.41) is 11.2. The SMILES string of the molecule is COc1cccc(CNc2ccc(S(=O)(=O)Nc3nc(-c4ccc(C(F)(F)F)c(F)c4)c(F)s3)nc2)c1O. The minimum Gasteiger partial charge on any atom is -0.504 e. The first-order valence-electron chi connectivity index (χ1n) is 10.5. The first-order chi connectivity index (χ1) is 17.9. The van der Waals surface area contributed by atoms with Crippen LogP contribution in [0.4, 0.5) is 32.8 Å². The number of ether oxygens (including phenoxy) is 1. The molecule has 0 atom stereocenters. The lowest BCUT2D eigenvalue weighted by atomic mass is 10.1. The molecule has 0 spiro atoms. The van der Waals surface area contributed by atoms with E-state index in [2.05, 4.69) is 15.3 Å². The van der Waals surface area contributed by atoms with E-state index < -0.39 is 48.6 Å². The van der Waals surface area contributed by atoms with Gasteiger partial charge in [-0.3, -0.25) is 4.72 Å². The second-order valence-corrected chi connectivity index (χ2v) is 10.2. The zero-order chi connectivity index (χ0) is 27.7. The molecule has 0 saturated heterocycles. The fourth-order valence-electron chi connectivity index (χ4n) is 3.30. The van der Waals surface area contributed by atoms with E-state index in [1.54, 1.807) is 18.2 Å². The van der Waals surface area contributed by atoms with Crippen molar-refractivity contribution >= 4 is 32.2 Å². The largest absolute Gasteiger partial charge is 0.504 e. The van der Waals surface area contributed by atoms with Gasteiger partial charge in [-0.25, -0.2) is 14.4 Å². The number of benzene rings is 2. The van der Waals surface area contributed by atoms with E-state index >= 15 is 0 Å². The number of halogens is 5. The minimum atomic E-state index is -4.93. The van der Waals surface area contributed by atoms with Gasteiger partial charge < -0.3 is 15.2 Å². The molecule has 0 aliphatic rings. The van der Waals surface area contributed by atoms with Gasteiger partial charge >= 0.3 is 6.18 Å². The molecule has 38 heavy (non-hydrogen) atoms. The van der Waals surface area contributed by atoms with Crippen molar-refractivity contribution in [1.82, 2.24) is 9.97 Å². The number of pyridine rings is 1. The highest BCUT2D eigenvalue weighted by Gasteiger charge is 2.34. The van der Waals surface area contributed by atoms with Gasteiger partial charge in [0.25, 0.3) is 10.0 Å². The molecule has 0 aliphatic carbocycles. The van der Waals surface area contributed by atoms with Gasteiger partial charge in [-0.2, -0.15) is 26.0 Å². The Labute approximate surface area is 216 Å². The molecule has 2 aromatic heterocycles. The van der Waals surface area contributed by atoms with E-state index in [0.29, 0.717) is 29.1 Å². The van der Waals surface area contributed by atoms with Crippen molar-refractivity contribution in [3.8, 4) is 22.8 Å². The number of nitrogens with one attached hydrogen (secondary N) is 2. The number of aromatic hydroxyl groups is 1. The van der Waals surface area contributed by atoms with E-state index in [4.69, 9.17) is 4.74 Å². The van der Waals surface area contributed by atoms with Gasteiger partial charge in [0.05, 0.1) is 24.6 Å². The van der Waals surface area contributed by atoms with Crippen LogP contribution < -0.4 is 14.8 Å². The van der Waals surface area contributed by atoms with E-state index in [9.17, 15) is 35.5 Å². The molecule has 2 heterocycles. The van der Waals surface area contributed by atoms with Crippen LogP contribution in [-0.4, -0.2) is 30.6 Å². The number of nitrogens with zero attached hydrogens (tertiary/aromatic N) is 2. The molecule has 2 aromatic carbocycles. The smallest absolute Gasteiger partial charge is 0.419 e. The standard InChI is InChI=1S/C23H17F5N4O4S2/c1-36-17-4-2-3-13(20(17)33)10-29-14-6-8-18(30-11-14)38(34,35)32-22-31-19(21(25)37-22)12-5-7-15(16(24)9-12)23(26,27)28/h2-9,11,29,33H,10H2,1H3,(H,31,32). The minimum absolute atomic E-state index is 0.0482. The summed E-state index contributed by atoms with van der Waals surface area (Å²) >= 11 is 0.273. The molecular formula is C23H17F5N4O4S2. The Balaban J connectivity index is 1.47. The van der Waals surface area contributed by atoms with Gasteiger partial charge in [0, 0.05) is 17.7 Å². The van der Waals surface area contributed by atoms with Gasteiger partial charge in [-0.1, -0.05) is 29.5 Å². The summed E-state index contributed by atoms with van der Waals surface area (Å²) in [5.41, 5.74) is -1.39. The zero-order valence-corrected chi connectivity index (χ0v) is 20.8. The van der Waals surface area contributed by atoms with Crippen molar-refractivity contribution < 1.29 is 40.2 Å². The Morgan fingerprint density at radius 2 is 1.87 bits per heavy atom. The third kappa shape index (κ3) is 5.78. The normalized spacial score (nSPS) is 11.8. The van der Waals surface area contributed by atoms with Gasteiger partial charge in [-0.05, 0) is 30.3 Å². The first-order valence-corrected chi connectivity index (χ1v) is 12.8. The fourth-order valence-corrected chi connectivity index (χ4v) is 5.18. The number of thiazole rings is 1. The molecule has 4 aromatic rings. The number of methoxy groups -OCH3 is 1. The van der Waals surface area contributed by atoms with Gasteiger partial charge in [0.15, 0.2) is 21.7 Å². The van der Waals surface area contributed by atoms with Gasteiger partial charge in [0.2, 0.25) is 5.13 Å². The number of phenols is 1. The summed E-state index contributed by atoms with van der Waals surface area (Å²) in [5.74, 6) is -1.38. The number of para-hydroxylation sites is 1. The van der Waals surface area contributed by atoms with Crippen LogP contribution in [0.2, 0.25) is 0 Å². The van der Waals surface area contributed by atoms with Crippen LogP contribution in [0.1, 0.15) is 11.1 Å². The molecule has 0 radical (unpaired) electrons. The summed E-state index contributed by atoms with van der Waals surface area (Å²) in [6.07, 6.45) is -3.70. The Kier molecular flexibility index (Phi) is 7.42. The van der Waals surface area contributed by atoms with Crippen molar-refractivity contribution in [3.05, 3.63) is 76.8 Å². The van der Waals surface area contributed by atoms with E-state index in [-0.39, 0.29) is 29.2 Å². The van der Waals surface area contributed by atoms with Crippen molar-refractivity contribution in [1.29, 1.82) is 0 Å². The summed E-state index contributed by atoms with van der Waals surface area (Å²) < 4.78 is 99.1. The lowest BCUT2D eigenvalue weighted by Gasteiger charge is -2.11. The van der Waals surface area contributed by atoms with E-state index in [1.807, 2.05) is 4.72 Å². The number of phenolic OH excluding ortho intramolecular Hbond substituents is 1. The van der Waals surface area contributed by atoms with Gasteiger partial charge in [-0.15, -0.1) is 0 Å². The van der Waals surface area contributed by atoms with Crippen molar-refractivity contribution in [2.24, 2.45) is 0 Å². The Hall–Kier alpha value is -3.98. The average Bonchev–Trinajstić information content (AvgIpc) is 3.21. The highest BCUT2D eigenvalue weighted by molar-refractivity contribution is 7.92. The van der Waals surface area contributed by atoms with Gasteiger partial charge in [0.1, 0.15) is 11.5 Å². The maximum absolute atomic E-state index is 14.4. The third-order valence-corrected chi connectivity index (χ3v) is 7.30. The molecule has 0 fully saturated rings. The lowest BCUT2D eigenvalue weighted by Crippen LogP contribution is -2.14. The van der Waals surface area contributed by atoms with Crippen LogP contribution in [-0.2, 0) is 22.7 Å². The second kappa shape index (κ2) is 10.4. The highest BCUT2D eigenvalue weighted by Crippen LogP contribution is 2.36. The third-order valence-electron chi connectivity index (χ3n) is 5.15. The average molecular weight is 573 g/mol. The van der Waals surface area contributed by atoms with Crippen LogP contribution >= 0.6 is 11.3 Å². The van der Waals surface area contributed by atoms with Crippen LogP contribution in [0, 0.1) is 10.9 Å². The molecule has 0 aliphatic heterocycles. The molecule has 0 saturated carbocycles. The number of anilines is 2. The molecule has 8 nitrogen and oxygen atoms in total. The molecule has 0 amide bonds. The van der Waals surface area contributed by atoms with Crippen LogP contribution in [0.25, 0.3) is 11.3 Å². The molecule has 4 rings (SSSR count). The topological polar surface area (TPSA) is 113 Å². The van der Waals surface area contributed by atoms with Crippen LogP contribution in [0.5, 0.6) is 11.5 Å². The van der Waals surface area contributed by atoms with E-state index in [1.165, 1.54) is 25.4 Å². The highest BCUT2D eigenvalue weighted by atomic mass is 32.2. The van der Waals surface area contributed by atoms with E-state index in [0.717, 1.165) is 6.07 Å². The predicted octanol–water partition coefficient (Wildman–Crippen LogP) is 5.63. The van der Waals surface area contributed by atoms with Crippen LogP contribution in [0.3, 0.4) is 0 Å². The van der Waals surface area contributed by atoms with Crippen molar-refractivity contribution in [2.75, 3.05) is 17.1 Å². The quantitative estimate of drug-likeness (QED) is 0.235. The Morgan fingerprint density at radius 1 is 1.11 bits per heavy atom. The predicted molar refractivity (Wildman–Crippen MR) is 129 cm³/mol. The fraction of sp³-hybridized carbons (Fsp3) is 0.130. The van der Waals surface area contributed by atoms with Crippen molar-refractivity contribution in [2.45, 2.75) is 17.7 Å².